The van der Waals surface area contributed by atoms with E-state index in [0.29, 0.717) is 0 Å². The van der Waals surface area contributed by atoms with Gasteiger partial charge >= 0.3 is 0 Å². The second-order valence-electron chi connectivity index (χ2n) is 3.46. The van der Waals surface area contributed by atoms with Gasteiger partial charge in [0.2, 0.25) is 5.91 Å². The van der Waals surface area contributed by atoms with Gasteiger partial charge in [0.05, 0.1) is 6.04 Å². The maximum absolute atomic E-state index is 11.1. The van der Waals surface area contributed by atoms with Crippen LogP contribution in [0, 0.1) is 0 Å². The minimum Gasteiger partial charge on any atom is -0.351 e. The quantitative estimate of drug-likeness (QED) is 0.597. The SMILES string of the molecule is CC(CN(C)C)NC(=O)C(C)N. The van der Waals surface area contributed by atoms with Crippen LogP contribution in [0.25, 0.3) is 0 Å². The molecule has 0 aromatic carbocycles. The van der Waals surface area contributed by atoms with Crippen molar-refractivity contribution in [1.29, 1.82) is 0 Å². The normalized spacial score (nSPS) is 15.8. The summed E-state index contributed by atoms with van der Waals surface area (Å²) in [6.07, 6.45) is 0. The van der Waals surface area contributed by atoms with Crippen LogP contribution in [-0.4, -0.2) is 43.5 Å². The molecule has 0 aliphatic rings. The molecular formula is C8H19N3O. The molecule has 0 aromatic heterocycles. The molecule has 0 saturated carbocycles. The molecule has 0 aliphatic carbocycles. The van der Waals surface area contributed by atoms with E-state index in [1.807, 2.05) is 25.9 Å². The third-order valence-electron chi connectivity index (χ3n) is 1.44. The Kier molecular flexibility index (Phi) is 4.85. The molecule has 4 nitrogen and oxygen atoms in total. The van der Waals surface area contributed by atoms with Gasteiger partial charge < -0.3 is 16.0 Å². The van der Waals surface area contributed by atoms with Crippen molar-refractivity contribution in [3.05, 3.63) is 0 Å². The molecule has 0 bridgehead atoms. The molecule has 0 rings (SSSR count). The number of nitrogens with two attached hydrogens (primary N) is 1. The second kappa shape index (κ2) is 5.11. The van der Waals surface area contributed by atoms with E-state index in [9.17, 15) is 4.79 Å². The van der Waals surface area contributed by atoms with Crippen molar-refractivity contribution in [2.24, 2.45) is 5.73 Å². The van der Waals surface area contributed by atoms with Crippen LogP contribution in [0.4, 0.5) is 0 Å². The van der Waals surface area contributed by atoms with Crippen LogP contribution >= 0.6 is 0 Å². The Morgan fingerprint density at radius 1 is 1.50 bits per heavy atom. The summed E-state index contributed by atoms with van der Waals surface area (Å²) in [5.41, 5.74) is 5.39. The Balaban J connectivity index is 3.69. The predicted molar refractivity (Wildman–Crippen MR) is 49.8 cm³/mol. The highest BCUT2D eigenvalue weighted by molar-refractivity contribution is 5.81. The van der Waals surface area contributed by atoms with Gasteiger partial charge in [-0.1, -0.05) is 0 Å². The van der Waals surface area contributed by atoms with Crippen molar-refractivity contribution in [3.8, 4) is 0 Å². The summed E-state index contributed by atoms with van der Waals surface area (Å²) in [7, 11) is 3.93. The van der Waals surface area contributed by atoms with E-state index in [-0.39, 0.29) is 11.9 Å². The van der Waals surface area contributed by atoms with Crippen molar-refractivity contribution >= 4 is 5.91 Å². The molecule has 72 valence electrons. The molecule has 12 heavy (non-hydrogen) atoms. The van der Waals surface area contributed by atoms with Crippen molar-refractivity contribution in [2.75, 3.05) is 20.6 Å². The summed E-state index contributed by atoms with van der Waals surface area (Å²) in [4.78, 5) is 13.1. The first kappa shape index (κ1) is 11.4. The van der Waals surface area contributed by atoms with Gasteiger partial charge in [0.1, 0.15) is 0 Å². The molecule has 0 fully saturated rings. The minimum atomic E-state index is -0.422. The first-order valence-corrected chi connectivity index (χ1v) is 4.14. The summed E-state index contributed by atoms with van der Waals surface area (Å²) in [5, 5.41) is 2.81. The van der Waals surface area contributed by atoms with Gasteiger partial charge in [-0.15, -0.1) is 0 Å². The van der Waals surface area contributed by atoms with Crippen molar-refractivity contribution in [3.63, 3.8) is 0 Å². The standard InChI is InChI=1S/C8H19N3O/c1-6(5-11(3)4)10-8(12)7(2)9/h6-7H,5,9H2,1-4H3,(H,10,12). The Hall–Kier alpha value is -0.610. The highest BCUT2D eigenvalue weighted by Crippen LogP contribution is 1.86. The number of hydrogen-bond donors (Lipinski definition) is 2. The lowest BCUT2D eigenvalue weighted by molar-refractivity contribution is -0.122. The van der Waals surface area contributed by atoms with Crippen molar-refractivity contribution in [2.45, 2.75) is 25.9 Å². The van der Waals surface area contributed by atoms with E-state index in [1.54, 1.807) is 6.92 Å². The van der Waals surface area contributed by atoms with Crippen LogP contribution in [0.2, 0.25) is 0 Å². The number of nitrogens with one attached hydrogen (secondary N) is 1. The van der Waals surface area contributed by atoms with Crippen LogP contribution in [-0.2, 0) is 4.79 Å². The molecule has 0 aliphatic heterocycles. The fourth-order valence-corrected chi connectivity index (χ4v) is 0.968. The molecular weight excluding hydrogens is 154 g/mol. The van der Waals surface area contributed by atoms with E-state index in [4.69, 9.17) is 5.73 Å². The van der Waals surface area contributed by atoms with E-state index in [0.717, 1.165) is 6.54 Å². The van der Waals surface area contributed by atoms with E-state index >= 15 is 0 Å². The van der Waals surface area contributed by atoms with Crippen molar-refractivity contribution in [1.82, 2.24) is 10.2 Å². The molecule has 0 aromatic rings. The monoisotopic (exact) mass is 173 g/mol. The molecule has 1 amide bonds. The minimum absolute atomic E-state index is 0.0932. The predicted octanol–water partition coefficient (Wildman–Crippen LogP) is -0.600. The number of nitrogens with zero attached hydrogens (tertiary/aromatic N) is 1. The number of hydrogen-bond acceptors (Lipinski definition) is 3. The zero-order valence-electron chi connectivity index (χ0n) is 8.29. The second-order valence-corrected chi connectivity index (χ2v) is 3.46. The first-order chi connectivity index (χ1) is 5.43. The number of amides is 1. The van der Waals surface area contributed by atoms with Gasteiger partial charge in [0.15, 0.2) is 0 Å². The molecule has 0 saturated heterocycles. The zero-order valence-corrected chi connectivity index (χ0v) is 8.29. The van der Waals surface area contributed by atoms with E-state index in [2.05, 4.69) is 5.32 Å². The van der Waals surface area contributed by atoms with Crippen LogP contribution in [0.3, 0.4) is 0 Å². The van der Waals surface area contributed by atoms with Gasteiger partial charge in [-0.25, -0.2) is 0 Å². The lowest BCUT2D eigenvalue weighted by Gasteiger charge is -2.19. The number of likely N-dealkylation sites (N-methyl/N-ethyl adjacent to an activating group) is 1. The number of carbonyl (C=O) groups is 1. The molecule has 0 spiro atoms. The topological polar surface area (TPSA) is 58.4 Å². The zero-order chi connectivity index (χ0) is 9.72. The third kappa shape index (κ3) is 5.09. The molecule has 0 radical (unpaired) electrons. The lowest BCUT2D eigenvalue weighted by atomic mass is 10.2. The summed E-state index contributed by atoms with van der Waals surface area (Å²) in [6.45, 7) is 4.47. The smallest absolute Gasteiger partial charge is 0.236 e. The number of rotatable bonds is 4. The fraction of sp³-hybridized carbons (Fsp3) is 0.875. The maximum atomic E-state index is 11.1. The Morgan fingerprint density at radius 2 is 2.00 bits per heavy atom. The Labute approximate surface area is 74.1 Å². The highest BCUT2D eigenvalue weighted by Gasteiger charge is 2.10. The summed E-state index contributed by atoms with van der Waals surface area (Å²) < 4.78 is 0. The van der Waals surface area contributed by atoms with E-state index < -0.39 is 6.04 Å². The highest BCUT2D eigenvalue weighted by atomic mass is 16.2. The molecule has 4 heteroatoms. The van der Waals surface area contributed by atoms with E-state index in [1.165, 1.54) is 0 Å². The van der Waals surface area contributed by atoms with Gasteiger partial charge in [-0.3, -0.25) is 4.79 Å². The van der Waals surface area contributed by atoms with Gasteiger partial charge in [0, 0.05) is 12.6 Å². The molecule has 3 N–H and O–H groups in total. The van der Waals surface area contributed by atoms with Crippen molar-refractivity contribution < 1.29 is 4.79 Å². The number of carbonyl (C=O) groups excluding carboxylic acids is 1. The first-order valence-electron chi connectivity index (χ1n) is 4.14. The van der Waals surface area contributed by atoms with Gasteiger partial charge in [0.25, 0.3) is 0 Å². The average molecular weight is 173 g/mol. The van der Waals surface area contributed by atoms with Gasteiger partial charge in [-0.2, -0.15) is 0 Å². The Bertz CT molecular complexity index is 145. The van der Waals surface area contributed by atoms with Gasteiger partial charge in [-0.05, 0) is 27.9 Å². The summed E-state index contributed by atoms with van der Waals surface area (Å²) >= 11 is 0. The van der Waals surface area contributed by atoms with Crippen LogP contribution in [0.15, 0.2) is 0 Å². The largest absolute Gasteiger partial charge is 0.351 e. The van der Waals surface area contributed by atoms with Crippen LogP contribution in [0.1, 0.15) is 13.8 Å². The third-order valence-corrected chi connectivity index (χ3v) is 1.44. The molecule has 2 unspecified atom stereocenters. The lowest BCUT2D eigenvalue weighted by Crippen LogP contribution is -2.46. The average Bonchev–Trinajstić information content (AvgIpc) is 1.84. The fourth-order valence-electron chi connectivity index (χ4n) is 0.968. The molecule has 2 atom stereocenters. The maximum Gasteiger partial charge on any atom is 0.236 e. The van der Waals surface area contributed by atoms with Crippen LogP contribution in [0.5, 0.6) is 0 Å². The Morgan fingerprint density at radius 3 is 2.33 bits per heavy atom. The summed E-state index contributed by atoms with van der Waals surface area (Å²) in [5.74, 6) is -0.0932. The molecule has 0 heterocycles. The summed E-state index contributed by atoms with van der Waals surface area (Å²) in [6, 6.07) is -0.270. The van der Waals surface area contributed by atoms with Crippen LogP contribution < -0.4 is 11.1 Å².